The summed E-state index contributed by atoms with van der Waals surface area (Å²) in [6.45, 7) is 3.21. The van der Waals surface area contributed by atoms with Gasteiger partial charge in [0, 0.05) is 35.2 Å². The Bertz CT molecular complexity index is 841. The van der Waals surface area contributed by atoms with E-state index in [9.17, 15) is 9.59 Å². The Balaban J connectivity index is 1.50. The molecule has 0 unspecified atom stereocenters. The maximum absolute atomic E-state index is 12.5. The van der Waals surface area contributed by atoms with Crippen LogP contribution in [0.5, 0.6) is 0 Å². The first-order valence-electron chi connectivity index (χ1n) is 9.12. The summed E-state index contributed by atoms with van der Waals surface area (Å²) in [6.07, 6.45) is 4.82. The molecule has 5 heteroatoms. The summed E-state index contributed by atoms with van der Waals surface area (Å²) in [6, 6.07) is 15.5. The molecule has 0 aliphatic carbocycles. The lowest BCUT2D eigenvalue weighted by Gasteiger charge is -2.30. The summed E-state index contributed by atoms with van der Waals surface area (Å²) in [5.41, 5.74) is 2.90. The van der Waals surface area contributed by atoms with Crippen LogP contribution in [-0.4, -0.2) is 29.8 Å². The van der Waals surface area contributed by atoms with Crippen LogP contribution in [0.4, 0.5) is 5.69 Å². The van der Waals surface area contributed by atoms with Gasteiger partial charge in [-0.1, -0.05) is 46.3 Å². The number of nitrogens with one attached hydrogen (secondary N) is 1. The lowest BCUT2D eigenvalue weighted by atomic mass is 9.95. The number of rotatable bonds is 4. The summed E-state index contributed by atoms with van der Waals surface area (Å²) in [5.74, 6) is -0.0269. The van der Waals surface area contributed by atoms with Gasteiger partial charge in [-0.25, -0.2) is 0 Å². The van der Waals surface area contributed by atoms with Gasteiger partial charge in [-0.2, -0.15) is 0 Å². The molecule has 140 valence electrons. The average Bonchev–Trinajstić information content (AvgIpc) is 2.70. The van der Waals surface area contributed by atoms with Crippen LogP contribution in [0.15, 0.2) is 59.1 Å². The van der Waals surface area contributed by atoms with E-state index in [-0.39, 0.29) is 17.7 Å². The molecule has 3 rings (SSSR count). The van der Waals surface area contributed by atoms with Crippen molar-refractivity contribution in [2.45, 2.75) is 19.8 Å². The molecule has 2 aromatic carbocycles. The lowest BCUT2D eigenvalue weighted by molar-refractivity contribution is -0.130. The van der Waals surface area contributed by atoms with E-state index in [1.807, 2.05) is 66.4 Å². The van der Waals surface area contributed by atoms with Gasteiger partial charge in [0.25, 0.3) is 0 Å². The number of carbonyl (C=O) groups is 2. The van der Waals surface area contributed by atoms with E-state index in [0.29, 0.717) is 25.9 Å². The third kappa shape index (κ3) is 5.30. The Kier molecular flexibility index (Phi) is 6.45. The first kappa shape index (κ1) is 19.4. The van der Waals surface area contributed by atoms with Crippen LogP contribution in [0, 0.1) is 12.8 Å². The maximum Gasteiger partial charge on any atom is 0.246 e. The molecule has 0 bridgehead atoms. The zero-order valence-electron chi connectivity index (χ0n) is 15.3. The summed E-state index contributed by atoms with van der Waals surface area (Å²) in [4.78, 5) is 26.7. The number of amides is 2. The van der Waals surface area contributed by atoms with Crippen LogP contribution in [-0.2, 0) is 9.59 Å². The van der Waals surface area contributed by atoms with Gasteiger partial charge in [0.15, 0.2) is 0 Å². The summed E-state index contributed by atoms with van der Waals surface area (Å²) in [7, 11) is 0. The highest BCUT2D eigenvalue weighted by molar-refractivity contribution is 9.10. The monoisotopic (exact) mass is 426 g/mol. The first-order valence-corrected chi connectivity index (χ1v) is 9.91. The molecule has 1 saturated heterocycles. The standard InChI is InChI=1S/C22H23BrN2O2/c1-16-15-19(8-9-20(16)23)24-22(27)18-11-13-25(14-12-18)21(26)10-7-17-5-3-2-4-6-17/h2-10,15,18H,11-14H2,1H3,(H,24,27)/b10-7+. The summed E-state index contributed by atoms with van der Waals surface area (Å²) in [5, 5.41) is 2.99. The van der Waals surface area contributed by atoms with E-state index in [0.717, 1.165) is 21.3 Å². The Morgan fingerprint density at radius 2 is 1.81 bits per heavy atom. The third-order valence-electron chi connectivity index (χ3n) is 4.82. The Labute approximate surface area is 168 Å². The second kappa shape index (κ2) is 9.00. The van der Waals surface area contributed by atoms with Gasteiger partial charge in [-0.3, -0.25) is 9.59 Å². The predicted molar refractivity (Wildman–Crippen MR) is 112 cm³/mol. The van der Waals surface area contributed by atoms with E-state index >= 15 is 0 Å². The molecule has 1 aliphatic heterocycles. The highest BCUT2D eigenvalue weighted by Gasteiger charge is 2.26. The molecule has 0 radical (unpaired) electrons. The van der Waals surface area contributed by atoms with Crippen molar-refractivity contribution in [3.8, 4) is 0 Å². The van der Waals surface area contributed by atoms with Gasteiger partial charge < -0.3 is 10.2 Å². The topological polar surface area (TPSA) is 49.4 Å². The minimum atomic E-state index is -0.0592. The van der Waals surface area contributed by atoms with Crippen LogP contribution in [0.1, 0.15) is 24.0 Å². The molecule has 0 atom stereocenters. The van der Waals surface area contributed by atoms with Gasteiger partial charge in [0.2, 0.25) is 11.8 Å². The zero-order chi connectivity index (χ0) is 19.2. The largest absolute Gasteiger partial charge is 0.339 e. The summed E-state index contributed by atoms with van der Waals surface area (Å²) < 4.78 is 1.02. The van der Waals surface area contributed by atoms with E-state index in [1.165, 1.54) is 0 Å². The van der Waals surface area contributed by atoms with Crippen molar-refractivity contribution < 1.29 is 9.59 Å². The minimum absolute atomic E-state index is 0.00115. The SMILES string of the molecule is Cc1cc(NC(=O)C2CCN(C(=O)/C=C/c3ccccc3)CC2)ccc1Br. The minimum Gasteiger partial charge on any atom is -0.339 e. The fraction of sp³-hybridized carbons (Fsp3) is 0.273. The van der Waals surface area contributed by atoms with Crippen molar-refractivity contribution in [1.82, 2.24) is 4.90 Å². The molecule has 4 nitrogen and oxygen atoms in total. The van der Waals surface area contributed by atoms with Crippen molar-refractivity contribution in [3.63, 3.8) is 0 Å². The molecule has 1 heterocycles. The second-order valence-corrected chi connectivity index (χ2v) is 7.65. The smallest absolute Gasteiger partial charge is 0.246 e. The van der Waals surface area contributed by atoms with Crippen LogP contribution in [0.3, 0.4) is 0 Å². The zero-order valence-corrected chi connectivity index (χ0v) is 16.9. The number of halogens is 1. The number of benzene rings is 2. The van der Waals surface area contributed by atoms with Gasteiger partial charge in [-0.15, -0.1) is 0 Å². The molecule has 27 heavy (non-hydrogen) atoms. The Hall–Kier alpha value is -2.40. The fourth-order valence-corrected chi connectivity index (χ4v) is 3.41. The van der Waals surface area contributed by atoms with Gasteiger partial charge >= 0.3 is 0 Å². The number of anilines is 1. The Morgan fingerprint density at radius 3 is 2.48 bits per heavy atom. The number of piperidine rings is 1. The number of aryl methyl sites for hydroxylation is 1. The molecule has 1 fully saturated rings. The molecular weight excluding hydrogens is 404 g/mol. The van der Waals surface area contributed by atoms with Gasteiger partial charge in [0.05, 0.1) is 0 Å². The molecule has 0 spiro atoms. The Morgan fingerprint density at radius 1 is 1.11 bits per heavy atom. The normalized spacial score (nSPS) is 15.1. The number of carbonyl (C=O) groups excluding carboxylic acids is 2. The molecular formula is C22H23BrN2O2. The highest BCUT2D eigenvalue weighted by Crippen LogP contribution is 2.23. The maximum atomic E-state index is 12.5. The third-order valence-corrected chi connectivity index (χ3v) is 5.71. The van der Waals surface area contributed by atoms with Crippen molar-refractivity contribution in [3.05, 3.63) is 70.2 Å². The quantitative estimate of drug-likeness (QED) is 0.723. The van der Waals surface area contributed by atoms with Gasteiger partial charge in [-0.05, 0) is 55.2 Å². The average molecular weight is 427 g/mol. The van der Waals surface area contributed by atoms with Crippen molar-refractivity contribution in [2.24, 2.45) is 5.92 Å². The van der Waals surface area contributed by atoms with Crippen molar-refractivity contribution in [2.75, 3.05) is 18.4 Å². The lowest BCUT2D eigenvalue weighted by Crippen LogP contribution is -2.40. The number of likely N-dealkylation sites (tertiary alicyclic amines) is 1. The molecule has 2 amide bonds. The molecule has 0 aromatic heterocycles. The predicted octanol–water partition coefficient (Wildman–Crippen LogP) is 4.65. The number of nitrogens with zero attached hydrogens (tertiary/aromatic N) is 1. The highest BCUT2D eigenvalue weighted by atomic mass is 79.9. The van der Waals surface area contributed by atoms with Crippen molar-refractivity contribution in [1.29, 1.82) is 0 Å². The second-order valence-electron chi connectivity index (χ2n) is 6.80. The van der Waals surface area contributed by atoms with Crippen LogP contribution in [0.25, 0.3) is 6.08 Å². The fourth-order valence-electron chi connectivity index (χ4n) is 3.17. The van der Waals surface area contributed by atoms with Gasteiger partial charge in [0.1, 0.15) is 0 Å². The molecule has 1 N–H and O–H groups in total. The van der Waals surface area contributed by atoms with E-state index in [2.05, 4.69) is 21.2 Å². The summed E-state index contributed by atoms with van der Waals surface area (Å²) >= 11 is 3.46. The number of hydrogen-bond acceptors (Lipinski definition) is 2. The molecule has 2 aromatic rings. The van der Waals surface area contributed by atoms with E-state index in [4.69, 9.17) is 0 Å². The van der Waals surface area contributed by atoms with E-state index < -0.39 is 0 Å². The molecule has 1 aliphatic rings. The van der Waals surface area contributed by atoms with E-state index in [1.54, 1.807) is 6.08 Å². The number of hydrogen-bond donors (Lipinski definition) is 1. The first-order chi connectivity index (χ1) is 13.0. The van der Waals surface area contributed by atoms with Crippen LogP contribution in [0.2, 0.25) is 0 Å². The molecule has 0 saturated carbocycles. The van der Waals surface area contributed by atoms with Crippen LogP contribution < -0.4 is 5.32 Å². The van der Waals surface area contributed by atoms with Crippen molar-refractivity contribution >= 4 is 39.5 Å². The van der Waals surface area contributed by atoms with Crippen LogP contribution >= 0.6 is 15.9 Å².